The number of benzene rings is 1. The lowest BCUT2D eigenvalue weighted by molar-refractivity contribution is -0.136. The molecule has 1 amide bonds. The molecule has 2 fully saturated rings. The minimum atomic E-state index is -0.409. The summed E-state index contributed by atoms with van der Waals surface area (Å²) in [5.41, 5.74) is 2.78. The number of carbonyl (C=O) groups excluding carboxylic acids is 1. The third-order valence-corrected chi connectivity index (χ3v) is 5.49. The van der Waals surface area contributed by atoms with E-state index in [1.807, 2.05) is 35.8 Å². The Kier molecular flexibility index (Phi) is 6.24. The Morgan fingerprint density at radius 3 is 2.38 bits per heavy atom. The third kappa shape index (κ3) is 4.35. The van der Waals surface area contributed by atoms with Crippen LogP contribution < -0.4 is 5.48 Å². The molecule has 0 spiro atoms. The maximum absolute atomic E-state index is 12.2. The van der Waals surface area contributed by atoms with E-state index >= 15 is 0 Å². The van der Waals surface area contributed by atoms with Crippen LogP contribution in [0.2, 0.25) is 0 Å². The lowest BCUT2D eigenvalue weighted by Gasteiger charge is -2.40. The molecule has 1 aromatic carbocycles. The highest BCUT2D eigenvalue weighted by molar-refractivity contribution is 5.82. The molecule has 5 heteroatoms. The van der Waals surface area contributed by atoms with Crippen molar-refractivity contribution in [2.45, 2.75) is 38.1 Å². The van der Waals surface area contributed by atoms with Gasteiger partial charge in [-0.3, -0.25) is 14.9 Å². The summed E-state index contributed by atoms with van der Waals surface area (Å²) in [7, 11) is 0. The smallest absolute Gasteiger partial charge is 0.265 e. The van der Waals surface area contributed by atoms with Gasteiger partial charge in [0.05, 0.1) is 0 Å². The second kappa shape index (κ2) is 8.60. The quantitative estimate of drug-likeness (QED) is 0.643. The molecular formula is C19H29N3O2. The summed E-state index contributed by atoms with van der Waals surface area (Å²) in [4.78, 5) is 16.9. The van der Waals surface area contributed by atoms with Gasteiger partial charge in [0, 0.05) is 32.7 Å². The molecule has 0 bridgehead atoms. The summed E-state index contributed by atoms with van der Waals surface area (Å²) < 4.78 is 0. The van der Waals surface area contributed by atoms with Gasteiger partial charge in [-0.2, -0.15) is 0 Å². The van der Waals surface area contributed by atoms with Gasteiger partial charge in [0.1, 0.15) is 6.04 Å². The fraction of sp³-hybridized carbons (Fsp3) is 0.632. The van der Waals surface area contributed by atoms with E-state index in [4.69, 9.17) is 5.21 Å². The molecule has 1 unspecified atom stereocenters. The fourth-order valence-corrected chi connectivity index (χ4v) is 4.16. The normalized spacial score (nSPS) is 22.2. The van der Waals surface area contributed by atoms with Gasteiger partial charge in [0.15, 0.2) is 0 Å². The van der Waals surface area contributed by atoms with Crippen LogP contribution in [-0.2, 0) is 4.79 Å². The largest absolute Gasteiger partial charge is 0.301 e. The molecule has 1 aliphatic heterocycles. The van der Waals surface area contributed by atoms with Crippen molar-refractivity contribution in [2.75, 3.05) is 32.7 Å². The van der Waals surface area contributed by atoms with Gasteiger partial charge >= 0.3 is 0 Å². The van der Waals surface area contributed by atoms with Crippen molar-refractivity contribution < 1.29 is 10.0 Å². The summed E-state index contributed by atoms with van der Waals surface area (Å²) in [6, 6.07) is 9.31. The number of nitrogens with zero attached hydrogens (tertiary/aromatic N) is 2. The first-order chi connectivity index (χ1) is 11.8. The van der Waals surface area contributed by atoms with Crippen LogP contribution in [0.5, 0.6) is 0 Å². The van der Waals surface area contributed by atoms with Crippen molar-refractivity contribution >= 4 is 5.91 Å². The van der Waals surface area contributed by atoms with Gasteiger partial charge in [-0.25, -0.2) is 5.48 Å². The van der Waals surface area contributed by atoms with Gasteiger partial charge in [-0.05, 0) is 24.3 Å². The van der Waals surface area contributed by atoms with Crippen LogP contribution in [-0.4, -0.2) is 53.6 Å². The second-order valence-corrected chi connectivity index (χ2v) is 7.13. The molecule has 5 nitrogen and oxygen atoms in total. The minimum Gasteiger partial charge on any atom is -0.301 e. The lowest BCUT2D eigenvalue weighted by Crippen LogP contribution is -2.51. The third-order valence-electron chi connectivity index (χ3n) is 5.49. The van der Waals surface area contributed by atoms with E-state index in [-0.39, 0.29) is 5.91 Å². The van der Waals surface area contributed by atoms with Crippen LogP contribution in [0.1, 0.15) is 43.7 Å². The first-order valence-electron chi connectivity index (χ1n) is 9.23. The highest BCUT2D eigenvalue weighted by atomic mass is 16.5. The zero-order valence-corrected chi connectivity index (χ0v) is 14.4. The highest BCUT2D eigenvalue weighted by Gasteiger charge is 2.30. The van der Waals surface area contributed by atoms with E-state index in [0.717, 1.165) is 37.7 Å². The van der Waals surface area contributed by atoms with Crippen molar-refractivity contribution in [3.63, 3.8) is 0 Å². The Bertz CT molecular complexity index is 509. The molecule has 132 valence electrons. The van der Waals surface area contributed by atoms with E-state index in [1.54, 1.807) is 0 Å². The zero-order chi connectivity index (χ0) is 16.8. The van der Waals surface area contributed by atoms with Crippen molar-refractivity contribution in [3.8, 4) is 0 Å². The maximum Gasteiger partial charge on any atom is 0.265 e. The highest BCUT2D eigenvalue weighted by Crippen LogP contribution is 2.26. The maximum atomic E-state index is 12.2. The number of carbonyl (C=O) groups is 1. The summed E-state index contributed by atoms with van der Waals surface area (Å²) in [5.74, 6) is 0.512. The van der Waals surface area contributed by atoms with E-state index in [9.17, 15) is 4.79 Å². The molecule has 0 aromatic heterocycles. The Morgan fingerprint density at radius 2 is 1.75 bits per heavy atom. The van der Waals surface area contributed by atoms with Crippen molar-refractivity contribution in [1.82, 2.24) is 15.3 Å². The molecule has 1 saturated carbocycles. The van der Waals surface area contributed by atoms with E-state index in [1.165, 1.54) is 38.6 Å². The predicted molar refractivity (Wildman–Crippen MR) is 93.7 cm³/mol. The van der Waals surface area contributed by atoms with Gasteiger partial charge in [-0.1, -0.05) is 49.6 Å². The number of hydrogen-bond acceptors (Lipinski definition) is 4. The van der Waals surface area contributed by atoms with Crippen molar-refractivity contribution in [3.05, 3.63) is 35.9 Å². The SMILES string of the molecule is O=C(NO)C(c1ccccc1)N1CCN(CC2CCCCC2)CC1. The number of piperazine rings is 1. The van der Waals surface area contributed by atoms with Crippen LogP contribution in [0.3, 0.4) is 0 Å². The molecule has 1 aliphatic carbocycles. The standard InChI is InChI=1S/C19H29N3O2/c23-19(20-24)18(17-9-5-2-6-10-17)22-13-11-21(12-14-22)15-16-7-3-1-4-8-16/h2,5-6,9-10,16,18,24H,1,3-4,7-8,11-15H2,(H,20,23). The van der Waals surface area contributed by atoms with Gasteiger partial charge < -0.3 is 4.90 Å². The summed E-state index contributed by atoms with van der Waals surface area (Å²) in [6.45, 7) is 4.92. The summed E-state index contributed by atoms with van der Waals surface area (Å²) in [5, 5.41) is 9.13. The van der Waals surface area contributed by atoms with Gasteiger partial charge in [-0.15, -0.1) is 0 Å². The van der Waals surface area contributed by atoms with Crippen LogP contribution >= 0.6 is 0 Å². The molecular weight excluding hydrogens is 302 g/mol. The van der Waals surface area contributed by atoms with E-state index < -0.39 is 6.04 Å². The van der Waals surface area contributed by atoms with Crippen LogP contribution in [0.15, 0.2) is 30.3 Å². The van der Waals surface area contributed by atoms with E-state index in [2.05, 4.69) is 9.80 Å². The number of rotatable bonds is 5. The Morgan fingerprint density at radius 1 is 1.08 bits per heavy atom. The lowest BCUT2D eigenvalue weighted by atomic mass is 9.89. The van der Waals surface area contributed by atoms with Crippen LogP contribution in [0.4, 0.5) is 0 Å². The van der Waals surface area contributed by atoms with Crippen molar-refractivity contribution in [2.24, 2.45) is 5.92 Å². The second-order valence-electron chi connectivity index (χ2n) is 7.13. The van der Waals surface area contributed by atoms with Gasteiger partial charge in [0.2, 0.25) is 0 Å². The Hall–Kier alpha value is -1.43. The molecule has 24 heavy (non-hydrogen) atoms. The average molecular weight is 331 g/mol. The molecule has 1 heterocycles. The first kappa shape index (κ1) is 17.4. The topological polar surface area (TPSA) is 55.8 Å². The summed E-state index contributed by atoms with van der Waals surface area (Å²) in [6.07, 6.45) is 6.92. The molecule has 1 atom stereocenters. The predicted octanol–water partition coefficient (Wildman–Crippen LogP) is 2.43. The zero-order valence-electron chi connectivity index (χ0n) is 14.4. The molecule has 2 aliphatic rings. The fourth-order valence-electron chi connectivity index (χ4n) is 4.16. The summed E-state index contributed by atoms with van der Waals surface area (Å²) >= 11 is 0. The molecule has 2 N–H and O–H groups in total. The van der Waals surface area contributed by atoms with Crippen LogP contribution in [0.25, 0.3) is 0 Å². The number of amides is 1. The Labute approximate surface area is 144 Å². The molecule has 1 saturated heterocycles. The monoisotopic (exact) mass is 331 g/mol. The first-order valence-corrected chi connectivity index (χ1v) is 9.23. The van der Waals surface area contributed by atoms with Crippen LogP contribution in [0, 0.1) is 5.92 Å². The number of nitrogens with one attached hydrogen (secondary N) is 1. The minimum absolute atomic E-state index is 0.345. The molecule has 0 radical (unpaired) electrons. The van der Waals surface area contributed by atoms with Crippen molar-refractivity contribution in [1.29, 1.82) is 0 Å². The number of hydrogen-bond donors (Lipinski definition) is 2. The molecule has 3 rings (SSSR count). The number of hydroxylamine groups is 1. The van der Waals surface area contributed by atoms with E-state index in [0.29, 0.717) is 0 Å². The molecule has 1 aromatic rings. The van der Waals surface area contributed by atoms with Gasteiger partial charge in [0.25, 0.3) is 5.91 Å². The average Bonchev–Trinajstić information content (AvgIpc) is 2.65. The Balaban J connectivity index is 1.58.